The molecule has 0 saturated heterocycles. The number of nitrogens with one attached hydrogen (secondary N) is 1. The second-order valence-corrected chi connectivity index (χ2v) is 4.12. The molecule has 0 saturated carbocycles. The molecule has 2 rings (SSSR count). The van der Waals surface area contributed by atoms with E-state index in [1.165, 1.54) is 18.0 Å². The molecule has 0 unspecified atom stereocenters. The molecule has 0 aliphatic heterocycles. The van der Waals surface area contributed by atoms with E-state index in [1.54, 1.807) is 7.11 Å². The third-order valence-electron chi connectivity index (χ3n) is 2.75. The van der Waals surface area contributed by atoms with Crippen molar-refractivity contribution in [3.8, 4) is 5.75 Å². The van der Waals surface area contributed by atoms with Crippen molar-refractivity contribution >= 4 is 11.8 Å². The number of hydrogen-bond acceptors (Lipinski definition) is 5. The lowest BCUT2D eigenvalue weighted by atomic mass is 10.1. The Hall–Kier alpha value is -2.63. The molecule has 0 radical (unpaired) electrons. The minimum Gasteiger partial charge on any atom is -0.497 e. The van der Waals surface area contributed by atoms with Crippen LogP contribution >= 0.6 is 0 Å². The zero-order valence-electron chi connectivity index (χ0n) is 11.0. The lowest BCUT2D eigenvalue weighted by Gasteiger charge is -2.06. The van der Waals surface area contributed by atoms with Crippen molar-refractivity contribution in [3.05, 3.63) is 47.9 Å². The Morgan fingerprint density at radius 3 is 2.55 bits per heavy atom. The normalized spacial score (nSPS) is 10.1. The Morgan fingerprint density at radius 1 is 1.25 bits per heavy atom. The minimum absolute atomic E-state index is 0.0642. The molecule has 0 bridgehead atoms. The molecule has 6 heteroatoms. The summed E-state index contributed by atoms with van der Waals surface area (Å²) in [7, 11) is 1.63. The SMILES string of the molecule is COc1ccc(CCNc2cnc(C(=O)O)cn2)cc1. The number of hydrogen-bond donors (Lipinski definition) is 2. The first-order valence-corrected chi connectivity index (χ1v) is 6.11. The van der Waals surface area contributed by atoms with Crippen LogP contribution in [0.15, 0.2) is 36.7 Å². The number of carbonyl (C=O) groups is 1. The highest BCUT2D eigenvalue weighted by Gasteiger charge is 2.04. The Labute approximate surface area is 116 Å². The standard InChI is InChI=1S/C14H15N3O3/c1-20-11-4-2-10(3-5-11)6-7-15-13-9-16-12(8-17-13)14(18)19/h2-5,8-9H,6-7H2,1H3,(H,15,17)(H,18,19). The fourth-order valence-corrected chi connectivity index (χ4v) is 1.66. The third kappa shape index (κ3) is 3.68. The fraction of sp³-hybridized carbons (Fsp3) is 0.214. The number of rotatable bonds is 6. The molecule has 0 aliphatic carbocycles. The number of ether oxygens (including phenoxy) is 1. The zero-order valence-corrected chi connectivity index (χ0v) is 11.0. The van der Waals surface area contributed by atoms with Crippen molar-refractivity contribution in [1.29, 1.82) is 0 Å². The van der Waals surface area contributed by atoms with Crippen molar-refractivity contribution in [3.63, 3.8) is 0 Å². The minimum atomic E-state index is -1.08. The maximum atomic E-state index is 10.6. The summed E-state index contributed by atoms with van der Waals surface area (Å²) in [6.45, 7) is 0.688. The van der Waals surface area contributed by atoms with Gasteiger partial charge in [0.25, 0.3) is 0 Å². The van der Waals surface area contributed by atoms with Crippen LogP contribution in [0, 0.1) is 0 Å². The maximum Gasteiger partial charge on any atom is 0.356 e. The van der Waals surface area contributed by atoms with Crippen molar-refractivity contribution in [2.24, 2.45) is 0 Å². The van der Waals surface area contributed by atoms with E-state index >= 15 is 0 Å². The molecule has 0 atom stereocenters. The van der Waals surface area contributed by atoms with Gasteiger partial charge in [0.15, 0.2) is 5.69 Å². The van der Waals surface area contributed by atoms with Crippen LogP contribution in [0.2, 0.25) is 0 Å². The number of carboxylic acid groups (broad SMARTS) is 1. The number of anilines is 1. The topological polar surface area (TPSA) is 84.3 Å². The van der Waals surface area contributed by atoms with Crippen LogP contribution < -0.4 is 10.1 Å². The quantitative estimate of drug-likeness (QED) is 0.835. The summed E-state index contributed by atoms with van der Waals surface area (Å²) in [6, 6.07) is 7.83. The van der Waals surface area contributed by atoms with Gasteiger partial charge in [0.05, 0.1) is 19.5 Å². The first-order valence-electron chi connectivity index (χ1n) is 6.11. The van der Waals surface area contributed by atoms with Gasteiger partial charge in [-0.05, 0) is 24.1 Å². The summed E-state index contributed by atoms with van der Waals surface area (Å²) in [4.78, 5) is 18.4. The Morgan fingerprint density at radius 2 is 2.00 bits per heavy atom. The average molecular weight is 273 g/mol. The molecular weight excluding hydrogens is 258 g/mol. The molecule has 1 aromatic carbocycles. The number of methoxy groups -OCH3 is 1. The van der Waals surface area contributed by atoms with Gasteiger partial charge in [0.2, 0.25) is 0 Å². The van der Waals surface area contributed by atoms with E-state index in [1.807, 2.05) is 24.3 Å². The van der Waals surface area contributed by atoms with Crippen LogP contribution in [-0.4, -0.2) is 34.7 Å². The molecule has 104 valence electrons. The molecule has 2 aromatic rings. The summed E-state index contributed by atoms with van der Waals surface area (Å²) in [6.07, 6.45) is 3.47. The van der Waals surface area contributed by atoms with Crippen molar-refractivity contribution in [2.75, 3.05) is 19.0 Å². The number of benzene rings is 1. The molecule has 20 heavy (non-hydrogen) atoms. The first-order chi connectivity index (χ1) is 9.69. The van der Waals surface area contributed by atoms with Crippen LogP contribution in [0.25, 0.3) is 0 Å². The molecule has 0 fully saturated rings. The Kier molecular flexibility index (Phi) is 4.49. The smallest absolute Gasteiger partial charge is 0.356 e. The second-order valence-electron chi connectivity index (χ2n) is 4.12. The average Bonchev–Trinajstić information content (AvgIpc) is 2.48. The molecule has 2 N–H and O–H groups in total. The summed E-state index contributed by atoms with van der Waals surface area (Å²) < 4.78 is 5.09. The predicted octanol–water partition coefficient (Wildman–Crippen LogP) is 1.84. The van der Waals surface area contributed by atoms with Crippen LogP contribution in [0.5, 0.6) is 5.75 Å². The highest BCUT2D eigenvalue weighted by Crippen LogP contribution is 2.11. The van der Waals surface area contributed by atoms with Gasteiger partial charge in [-0.15, -0.1) is 0 Å². The van der Waals surface area contributed by atoms with Gasteiger partial charge in [-0.3, -0.25) is 0 Å². The summed E-state index contributed by atoms with van der Waals surface area (Å²) in [5, 5.41) is 11.8. The number of nitrogens with zero attached hydrogens (tertiary/aromatic N) is 2. The second kappa shape index (κ2) is 6.51. The lowest BCUT2D eigenvalue weighted by molar-refractivity contribution is 0.0690. The number of aromatic nitrogens is 2. The van der Waals surface area contributed by atoms with Gasteiger partial charge in [-0.2, -0.15) is 0 Å². The van der Waals surface area contributed by atoms with Crippen LogP contribution in [0.3, 0.4) is 0 Å². The van der Waals surface area contributed by atoms with Crippen LogP contribution in [0.4, 0.5) is 5.82 Å². The van der Waals surface area contributed by atoms with Gasteiger partial charge in [0, 0.05) is 6.54 Å². The lowest BCUT2D eigenvalue weighted by Crippen LogP contribution is -2.08. The molecule has 1 aromatic heterocycles. The molecule has 1 heterocycles. The maximum absolute atomic E-state index is 10.6. The number of aromatic carboxylic acids is 1. The van der Waals surface area contributed by atoms with Crippen molar-refractivity contribution in [1.82, 2.24) is 9.97 Å². The van der Waals surface area contributed by atoms with Crippen LogP contribution in [0.1, 0.15) is 16.1 Å². The van der Waals surface area contributed by atoms with Gasteiger partial charge < -0.3 is 15.2 Å². The van der Waals surface area contributed by atoms with Crippen LogP contribution in [-0.2, 0) is 6.42 Å². The van der Waals surface area contributed by atoms with E-state index in [4.69, 9.17) is 9.84 Å². The Balaban J connectivity index is 1.84. The summed E-state index contributed by atoms with van der Waals surface area (Å²) in [5.41, 5.74) is 1.11. The van der Waals surface area contributed by atoms with Crippen molar-refractivity contribution < 1.29 is 14.6 Å². The summed E-state index contributed by atoms with van der Waals surface area (Å²) >= 11 is 0. The van der Waals surface area contributed by atoms with E-state index in [-0.39, 0.29) is 5.69 Å². The van der Waals surface area contributed by atoms with Gasteiger partial charge in [0.1, 0.15) is 11.6 Å². The predicted molar refractivity (Wildman–Crippen MR) is 74.2 cm³/mol. The van der Waals surface area contributed by atoms with E-state index < -0.39 is 5.97 Å². The molecule has 0 spiro atoms. The number of carboxylic acids is 1. The zero-order chi connectivity index (χ0) is 14.4. The fourth-order valence-electron chi connectivity index (χ4n) is 1.66. The molecule has 0 aliphatic rings. The van der Waals surface area contributed by atoms with Crippen molar-refractivity contribution in [2.45, 2.75) is 6.42 Å². The van der Waals surface area contributed by atoms with E-state index in [0.29, 0.717) is 12.4 Å². The highest BCUT2D eigenvalue weighted by molar-refractivity contribution is 5.84. The monoisotopic (exact) mass is 273 g/mol. The van der Waals surface area contributed by atoms with E-state index in [2.05, 4.69) is 15.3 Å². The molecular formula is C14H15N3O3. The summed E-state index contributed by atoms with van der Waals surface area (Å²) in [5.74, 6) is 0.308. The van der Waals surface area contributed by atoms with E-state index in [0.717, 1.165) is 12.2 Å². The Bertz CT molecular complexity index is 567. The van der Waals surface area contributed by atoms with E-state index in [9.17, 15) is 4.79 Å². The highest BCUT2D eigenvalue weighted by atomic mass is 16.5. The molecule has 6 nitrogen and oxygen atoms in total. The van der Waals surface area contributed by atoms with Gasteiger partial charge in [-0.1, -0.05) is 12.1 Å². The third-order valence-corrected chi connectivity index (χ3v) is 2.75. The largest absolute Gasteiger partial charge is 0.497 e. The first kappa shape index (κ1) is 13.8. The van der Waals surface area contributed by atoms with Gasteiger partial charge >= 0.3 is 5.97 Å². The van der Waals surface area contributed by atoms with Gasteiger partial charge in [-0.25, -0.2) is 14.8 Å². The molecule has 0 amide bonds.